The molecule has 16 heavy (non-hydrogen) atoms. The lowest BCUT2D eigenvalue weighted by Gasteiger charge is -2.02. The second-order valence-electron chi connectivity index (χ2n) is 2.99. The highest BCUT2D eigenvalue weighted by molar-refractivity contribution is 6.30. The first-order valence-electron chi connectivity index (χ1n) is 4.37. The second-order valence-corrected chi connectivity index (χ2v) is 3.43. The molecule has 0 aliphatic rings. The molecule has 6 nitrogen and oxygen atoms in total. The molecular formula is C9H7ClN4O2. The van der Waals surface area contributed by atoms with Crippen molar-refractivity contribution in [2.75, 3.05) is 5.32 Å². The van der Waals surface area contributed by atoms with Crippen LogP contribution in [0.15, 0.2) is 29.1 Å². The monoisotopic (exact) mass is 238 g/mol. The molecule has 2 aromatic rings. The van der Waals surface area contributed by atoms with Crippen molar-refractivity contribution in [2.24, 2.45) is 0 Å². The summed E-state index contributed by atoms with van der Waals surface area (Å²) in [5.74, 6) is -0.592. The molecule has 82 valence electrons. The molecule has 0 aliphatic heterocycles. The summed E-state index contributed by atoms with van der Waals surface area (Å²) in [5.41, 5.74) is -0.00223. The quantitative estimate of drug-likeness (QED) is 0.729. The number of nitrogens with zero attached hydrogens (tertiary/aromatic N) is 1. The number of aromatic nitrogens is 3. The highest BCUT2D eigenvalue weighted by Gasteiger charge is 2.09. The van der Waals surface area contributed by atoms with Gasteiger partial charge in [-0.05, 0) is 18.2 Å². The minimum Gasteiger partial charge on any atom is -0.319 e. The first-order valence-corrected chi connectivity index (χ1v) is 4.74. The highest BCUT2D eigenvalue weighted by atomic mass is 35.5. The number of hydrogen-bond donors (Lipinski definition) is 3. The number of aromatic amines is 2. The van der Waals surface area contributed by atoms with Gasteiger partial charge in [-0.2, -0.15) is 0 Å². The summed E-state index contributed by atoms with van der Waals surface area (Å²) >= 11 is 5.75. The predicted molar refractivity (Wildman–Crippen MR) is 58.6 cm³/mol. The zero-order valence-corrected chi connectivity index (χ0v) is 8.71. The van der Waals surface area contributed by atoms with E-state index in [1.165, 1.54) is 0 Å². The summed E-state index contributed by atoms with van der Waals surface area (Å²) in [6, 6.07) is 6.65. The van der Waals surface area contributed by atoms with Crippen molar-refractivity contribution in [1.82, 2.24) is 15.2 Å². The molecule has 1 aromatic heterocycles. The van der Waals surface area contributed by atoms with Crippen LogP contribution in [-0.4, -0.2) is 21.1 Å². The van der Waals surface area contributed by atoms with E-state index >= 15 is 0 Å². The summed E-state index contributed by atoms with van der Waals surface area (Å²) in [6.07, 6.45) is 0. The first kappa shape index (κ1) is 10.4. The lowest BCUT2D eigenvalue weighted by atomic mass is 10.3. The van der Waals surface area contributed by atoms with Crippen LogP contribution in [0.2, 0.25) is 5.02 Å². The summed E-state index contributed by atoms with van der Waals surface area (Å²) in [4.78, 5) is 24.5. The maximum Gasteiger partial charge on any atom is 0.341 e. The first-order chi connectivity index (χ1) is 7.65. The average Bonchev–Trinajstić information content (AvgIpc) is 2.65. The SMILES string of the molecule is O=C(Nc1cccc(Cl)c1)c1n[nH]c(=O)[nH]1. The van der Waals surface area contributed by atoms with Crippen molar-refractivity contribution in [3.8, 4) is 0 Å². The third-order valence-electron chi connectivity index (χ3n) is 1.80. The van der Waals surface area contributed by atoms with E-state index < -0.39 is 11.6 Å². The van der Waals surface area contributed by atoms with Crippen LogP contribution in [0, 0.1) is 0 Å². The number of hydrogen-bond acceptors (Lipinski definition) is 3. The maximum absolute atomic E-state index is 11.5. The van der Waals surface area contributed by atoms with E-state index in [1.807, 2.05) is 0 Å². The molecule has 1 aromatic carbocycles. The van der Waals surface area contributed by atoms with E-state index in [0.717, 1.165) is 0 Å². The van der Waals surface area contributed by atoms with Gasteiger partial charge in [0.1, 0.15) is 0 Å². The molecule has 0 bridgehead atoms. The molecule has 0 saturated heterocycles. The van der Waals surface area contributed by atoms with Gasteiger partial charge in [0.25, 0.3) is 5.91 Å². The van der Waals surface area contributed by atoms with Crippen LogP contribution in [0.3, 0.4) is 0 Å². The molecule has 0 atom stereocenters. The van der Waals surface area contributed by atoms with Gasteiger partial charge >= 0.3 is 5.69 Å². The van der Waals surface area contributed by atoms with Gasteiger partial charge < -0.3 is 5.32 Å². The predicted octanol–water partition coefficient (Wildman–Crippen LogP) is 1.00. The number of carbonyl (C=O) groups is 1. The summed E-state index contributed by atoms with van der Waals surface area (Å²) in [5, 5.41) is 8.64. The number of amides is 1. The molecule has 1 heterocycles. The maximum atomic E-state index is 11.5. The molecule has 0 unspecified atom stereocenters. The molecule has 0 spiro atoms. The van der Waals surface area contributed by atoms with E-state index in [0.29, 0.717) is 10.7 Å². The summed E-state index contributed by atoms with van der Waals surface area (Å²) in [7, 11) is 0. The average molecular weight is 239 g/mol. The molecule has 0 aliphatic carbocycles. The summed E-state index contributed by atoms with van der Waals surface area (Å²) < 4.78 is 0. The van der Waals surface area contributed by atoms with Crippen LogP contribution in [0.4, 0.5) is 5.69 Å². The molecular weight excluding hydrogens is 232 g/mol. The second kappa shape index (κ2) is 4.19. The van der Waals surface area contributed by atoms with Crippen LogP contribution in [0.1, 0.15) is 10.6 Å². The molecule has 3 N–H and O–H groups in total. The standard InChI is InChI=1S/C9H7ClN4O2/c10-5-2-1-3-6(4-5)11-8(15)7-12-9(16)14-13-7/h1-4H,(H,11,15)(H2,12,13,14,16). The van der Waals surface area contributed by atoms with Gasteiger partial charge in [0.05, 0.1) is 0 Å². The van der Waals surface area contributed by atoms with Crippen molar-refractivity contribution in [2.45, 2.75) is 0 Å². The van der Waals surface area contributed by atoms with E-state index in [1.54, 1.807) is 24.3 Å². The number of rotatable bonds is 2. The third kappa shape index (κ3) is 2.29. The smallest absolute Gasteiger partial charge is 0.319 e. The van der Waals surface area contributed by atoms with E-state index in [2.05, 4.69) is 20.5 Å². The number of benzene rings is 1. The zero-order chi connectivity index (χ0) is 11.5. The van der Waals surface area contributed by atoms with Crippen molar-refractivity contribution in [3.63, 3.8) is 0 Å². The largest absolute Gasteiger partial charge is 0.341 e. The molecule has 0 radical (unpaired) electrons. The Kier molecular flexibility index (Phi) is 2.74. The number of nitrogens with one attached hydrogen (secondary N) is 3. The van der Waals surface area contributed by atoms with Gasteiger partial charge in [-0.25, -0.2) is 9.89 Å². The third-order valence-corrected chi connectivity index (χ3v) is 2.03. The Hall–Kier alpha value is -2.08. The van der Waals surface area contributed by atoms with Gasteiger partial charge in [-0.1, -0.05) is 17.7 Å². The Morgan fingerprint density at radius 2 is 2.25 bits per heavy atom. The van der Waals surface area contributed by atoms with E-state index in [9.17, 15) is 9.59 Å². The molecule has 2 rings (SSSR count). The minimum atomic E-state index is -0.531. The van der Waals surface area contributed by atoms with E-state index in [4.69, 9.17) is 11.6 Å². The van der Waals surface area contributed by atoms with Crippen LogP contribution >= 0.6 is 11.6 Å². The van der Waals surface area contributed by atoms with Gasteiger partial charge in [0.15, 0.2) is 0 Å². The fourth-order valence-electron chi connectivity index (χ4n) is 1.13. The molecule has 0 fully saturated rings. The Bertz CT molecular complexity index is 575. The number of anilines is 1. The number of halogens is 1. The van der Waals surface area contributed by atoms with Crippen molar-refractivity contribution in [1.29, 1.82) is 0 Å². The number of H-pyrrole nitrogens is 2. The topological polar surface area (TPSA) is 90.6 Å². The number of carbonyl (C=O) groups excluding carboxylic acids is 1. The highest BCUT2D eigenvalue weighted by Crippen LogP contribution is 2.14. The van der Waals surface area contributed by atoms with E-state index in [-0.39, 0.29) is 5.82 Å². The Morgan fingerprint density at radius 1 is 1.44 bits per heavy atom. The summed E-state index contributed by atoms with van der Waals surface area (Å²) in [6.45, 7) is 0. The normalized spacial score (nSPS) is 10.1. The van der Waals surface area contributed by atoms with Crippen LogP contribution < -0.4 is 11.0 Å². The van der Waals surface area contributed by atoms with Crippen LogP contribution in [0.25, 0.3) is 0 Å². The van der Waals surface area contributed by atoms with Gasteiger partial charge in [0, 0.05) is 10.7 Å². The molecule has 1 amide bonds. The molecule has 7 heteroatoms. The fourth-order valence-corrected chi connectivity index (χ4v) is 1.32. The van der Waals surface area contributed by atoms with Gasteiger partial charge in [-0.3, -0.25) is 9.78 Å². The Balaban J connectivity index is 2.16. The Morgan fingerprint density at radius 3 is 2.88 bits per heavy atom. The fraction of sp³-hybridized carbons (Fsp3) is 0. The van der Waals surface area contributed by atoms with Crippen molar-refractivity contribution in [3.05, 3.63) is 45.6 Å². The lowest BCUT2D eigenvalue weighted by molar-refractivity contribution is 0.101. The zero-order valence-electron chi connectivity index (χ0n) is 7.95. The lowest BCUT2D eigenvalue weighted by Crippen LogP contribution is -2.14. The Labute approximate surface area is 94.6 Å². The molecule has 0 saturated carbocycles. The van der Waals surface area contributed by atoms with Crippen LogP contribution in [0.5, 0.6) is 0 Å². The van der Waals surface area contributed by atoms with Gasteiger partial charge in [0.2, 0.25) is 5.82 Å². The van der Waals surface area contributed by atoms with Crippen molar-refractivity contribution >= 4 is 23.2 Å². The van der Waals surface area contributed by atoms with Crippen molar-refractivity contribution < 1.29 is 4.79 Å². The van der Waals surface area contributed by atoms with Gasteiger partial charge in [-0.15, -0.1) is 5.10 Å². The van der Waals surface area contributed by atoms with Crippen LogP contribution in [-0.2, 0) is 0 Å². The minimum absolute atomic E-state index is 0.0787.